The van der Waals surface area contributed by atoms with Gasteiger partial charge in [-0.1, -0.05) is 37.0 Å². The highest BCUT2D eigenvalue weighted by Gasteiger charge is 2.12. The quantitative estimate of drug-likeness (QED) is 0.934. The molecule has 0 radical (unpaired) electrons. The maximum absolute atomic E-state index is 6.07. The van der Waals surface area contributed by atoms with Gasteiger partial charge in [-0.05, 0) is 18.2 Å². The third kappa shape index (κ3) is 3.22. The van der Waals surface area contributed by atoms with E-state index in [0.29, 0.717) is 40.0 Å². The molecule has 2 aromatic rings. The third-order valence-electron chi connectivity index (χ3n) is 2.29. The zero-order valence-corrected chi connectivity index (χ0v) is 11.6. The van der Waals surface area contributed by atoms with Crippen molar-refractivity contribution >= 4 is 23.2 Å². The molecule has 0 aliphatic rings. The van der Waals surface area contributed by atoms with Crippen LogP contribution in [0.15, 0.2) is 22.6 Å². The van der Waals surface area contributed by atoms with Gasteiger partial charge in [-0.15, -0.1) is 10.2 Å². The molecule has 0 unspecified atom stereocenters. The van der Waals surface area contributed by atoms with Crippen LogP contribution in [0.3, 0.4) is 0 Å². The molecule has 1 N–H and O–H groups in total. The Hall–Kier alpha value is -1.10. The van der Waals surface area contributed by atoms with E-state index in [-0.39, 0.29) is 0 Å². The zero-order chi connectivity index (χ0) is 13.1. The predicted octanol–water partition coefficient (Wildman–Crippen LogP) is 3.54. The normalized spacial score (nSPS) is 11.2. The van der Waals surface area contributed by atoms with Gasteiger partial charge in [0.05, 0.1) is 17.1 Å². The van der Waals surface area contributed by atoms with Crippen LogP contribution in [0.2, 0.25) is 10.0 Å². The molecule has 18 heavy (non-hydrogen) atoms. The van der Waals surface area contributed by atoms with E-state index in [4.69, 9.17) is 27.6 Å². The molecule has 2 rings (SSSR count). The third-order valence-corrected chi connectivity index (χ3v) is 2.85. The van der Waals surface area contributed by atoms with Gasteiger partial charge in [0, 0.05) is 11.1 Å². The molecule has 0 spiro atoms. The van der Waals surface area contributed by atoms with E-state index < -0.39 is 0 Å². The molecule has 6 heteroatoms. The van der Waals surface area contributed by atoms with Gasteiger partial charge in [-0.25, -0.2) is 0 Å². The van der Waals surface area contributed by atoms with E-state index in [1.165, 1.54) is 0 Å². The first kappa shape index (κ1) is 13.3. The van der Waals surface area contributed by atoms with E-state index in [1.807, 2.05) is 13.8 Å². The molecular weight excluding hydrogens is 273 g/mol. The van der Waals surface area contributed by atoms with E-state index in [2.05, 4.69) is 15.5 Å². The Balaban J connectivity index is 2.21. The Labute approximate surface area is 115 Å². The van der Waals surface area contributed by atoms with Crippen molar-refractivity contribution < 1.29 is 4.42 Å². The fourth-order valence-corrected chi connectivity index (χ4v) is 1.76. The van der Waals surface area contributed by atoms with Crippen molar-refractivity contribution in [2.24, 2.45) is 0 Å². The van der Waals surface area contributed by atoms with Crippen molar-refractivity contribution in [3.8, 4) is 11.5 Å². The van der Waals surface area contributed by atoms with E-state index >= 15 is 0 Å². The van der Waals surface area contributed by atoms with Crippen LogP contribution in [0, 0.1) is 0 Å². The summed E-state index contributed by atoms with van der Waals surface area (Å²) in [7, 11) is 0. The summed E-state index contributed by atoms with van der Waals surface area (Å²) < 4.78 is 5.53. The van der Waals surface area contributed by atoms with Gasteiger partial charge in [0.25, 0.3) is 0 Å². The van der Waals surface area contributed by atoms with Crippen LogP contribution in [-0.4, -0.2) is 16.2 Å². The fourth-order valence-electron chi connectivity index (χ4n) is 1.39. The maximum atomic E-state index is 6.07. The first-order valence-electron chi connectivity index (χ1n) is 5.57. The fraction of sp³-hybridized carbons (Fsp3) is 0.333. The van der Waals surface area contributed by atoms with Crippen LogP contribution in [0.1, 0.15) is 19.7 Å². The lowest BCUT2D eigenvalue weighted by Crippen LogP contribution is -2.21. The van der Waals surface area contributed by atoms with E-state index in [0.717, 1.165) is 0 Å². The van der Waals surface area contributed by atoms with Gasteiger partial charge in [0.1, 0.15) is 0 Å². The average Bonchev–Trinajstić information content (AvgIpc) is 2.78. The number of nitrogens with zero attached hydrogens (tertiary/aromatic N) is 2. The van der Waals surface area contributed by atoms with Crippen molar-refractivity contribution in [1.29, 1.82) is 0 Å². The van der Waals surface area contributed by atoms with E-state index in [9.17, 15) is 0 Å². The minimum atomic E-state index is 0.357. The van der Waals surface area contributed by atoms with Crippen LogP contribution >= 0.6 is 23.2 Å². The predicted molar refractivity (Wildman–Crippen MR) is 71.7 cm³/mol. The Morgan fingerprint density at radius 1 is 1.28 bits per heavy atom. The molecule has 0 aliphatic heterocycles. The second kappa shape index (κ2) is 5.69. The number of hydrogen-bond acceptors (Lipinski definition) is 4. The van der Waals surface area contributed by atoms with Crippen molar-refractivity contribution in [1.82, 2.24) is 15.5 Å². The van der Waals surface area contributed by atoms with Crippen molar-refractivity contribution in [2.45, 2.75) is 26.4 Å². The monoisotopic (exact) mass is 285 g/mol. The molecular formula is C12H13Cl2N3O. The standard InChI is InChI=1S/C12H13Cl2N3O/c1-7(2)15-6-11-16-17-12(18-11)9-5-8(13)3-4-10(9)14/h3-5,7,15H,6H2,1-2H3. The van der Waals surface area contributed by atoms with Crippen molar-refractivity contribution in [2.75, 3.05) is 0 Å². The largest absolute Gasteiger partial charge is 0.419 e. The molecule has 0 fully saturated rings. The first-order chi connectivity index (χ1) is 8.56. The molecule has 96 valence electrons. The number of hydrogen-bond donors (Lipinski definition) is 1. The summed E-state index contributed by atoms with van der Waals surface area (Å²) in [5.41, 5.74) is 0.646. The Morgan fingerprint density at radius 2 is 2.06 bits per heavy atom. The van der Waals surface area contributed by atoms with Gasteiger partial charge in [-0.2, -0.15) is 0 Å². The maximum Gasteiger partial charge on any atom is 0.249 e. The first-order valence-corrected chi connectivity index (χ1v) is 6.33. The van der Waals surface area contributed by atoms with Gasteiger partial charge < -0.3 is 9.73 Å². The summed E-state index contributed by atoms with van der Waals surface area (Å²) in [6, 6.07) is 5.48. The summed E-state index contributed by atoms with van der Waals surface area (Å²) in [4.78, 5) is 0. The number of benzene rings is 1. The molecule has 0 saturated carbocycles. The SMILES string of the molecule is CC(C)NCc1nnc(-c2cc(Cl)ccc2Cl)o1. The average molecular weight is 286 g/mol. The lowest BCUT2D eigenvalue weighted by Gasteiger charge is -2.03. The highest BCUT2D eigenvalue weighted by molar-refractivity contribution is 6.35. The van der Waals surface area contributed by atoms with Crippen LogP contribution in [-0.2, 0) is 6.54 Å². The number of nitrogens with one attached hydrogen (secondary N) is 1. The number of aromatic nitrogens is 2. The molecule has 0 atom stereocenters. The molecule has 0 bridgehead atoms. The summed E-state index contributed by atoms with van der Waals surface area (Å²) >= 11 is 12.0. The minimum absolute atomic E-state index is 0.357. The molecule has 1 aromatic carbocycles. The Bertz CT molecular complexity index is 540. The molecule has 0 aliphatic carbocycles. The van der Waals surface area contributed by atoms with Gasteiger partial charge in [-0.3, -0.25) is 0 Å². The summed E-state index contributed by atoms with van der Waals surface area (Å²) in [6.07, 6.45) is 0. The summed E-state index contributed by atoms with van der Waals surface area (Å²) in [5.74, 6) is 0.901. The van der Waals surface area contributed by atoms with Gasteiger partial charge in [0.15, 0.2) is 0 Å². The lowest BCUT2D eigenvalue weighted by molar-refractivity contribution is 0.459. The molecule has 1 heterocycles. The number of halogens is 2. The summed E-state index contributed by atoms with van der Waals surface area (Å²) in [6.45, 7) is 4.62. The van der Waals surface area contributed by atoms with Crippen molar-refractivity contribution in [3.63, 3.8) is 0 Å². The van der Waals surface area contributed by atoms with Crippen LogP contribution in [0.4, 0.5) is 0 Å². The Morgan fingerprint density at radius 3 is 2.78 bits per heavy atom. The van der Waals surface area contributed by atoms with Crippen LogP contribution in [0.5, 0.6) is 0 Å². The lowest BCUT2D eigenvalue weighted by atomic mass is 10.2. The highest BCUT2D eigenvalue weighted by Crippen LogP contribution is 2.29. The van der Waals surface area contributed by atoms with Gasteiger partial charge >= 0.3 is 0 Å². The molecule has 0 saturated heterocycles. The van der Waals surface area contributed by atoms with Crippen LogP contribution in [0.25, 0.3) is 11.5 Å². The summed E-state index contributed by atoms with van der Waals surface area (Å²) in [5, 5.41) is 12.2. The molecule has 4 nitrogen and oxygen atoms in total. The van der Waals surface area contributed by atoms with Gasteiger partial charge in [0.2, 0.25) is 11.8 Å². The highest BCUT2D eigenvalue weighted by atomic mass is 35.5. The number of rotatable bonds is 4. The van der Waals surface area contributed by atoms with Crippen LogP contribution < -0.4 is 5.32 Å². The molecule has 1 aromatic heterocycles. The van der Waals surface area contributed by atoms with Crippen molar-refractivity contribution in [3.05, 3.63) is 34.1 Å². The smallest absolute Gasteiger partial charge is 0.249 e. The molecule has 0 amide bonds. The zero-order valence-electron chi connectivity index (χ0n) is 10.1. The second-order valence-electron chi connectivity index (χ2n) is 4.16. The topological polar surface area (TPSA) is 51.0 Å². The van der Waals surface area contributed by atoms with E-state index in [1.54, 1.807) is 18.2 Å². The second-order valence-corrected chi connectivity index (χ2v) is 5.00. The Kier molecular flexibility index (Phi) is 4.22. The minimum Gasteiger partial charge on any atom is -0.419 e.